The first-order chi connectivity index (χ1) is 20.0. The normalized spacial score (nSPS) is 12.7. The van der Waals surface area contributed by atoms with Gasteiger partial charge >= 0.3 is 0 Å². The predicted octanol–water partition coefficient (Wildman–Crippen LogP) is 5.96. The van der Waals surface area contributed by atoms with Crippen LogP contribution in [0.15, 0.2) is 77.7 Å². The number of hydrogen-bond donors (Lipinski definition) is 1. The summed E-state index contributed by atoms with van der Waals surface area (Å²) in [6, 6.07) is 19.2. The van der Waals surface area contributed by atoms with Gasteiger partial charge in [0.1, 0.15) is 18.3 Å². The van der Waals surface area contributed by atoms with Crippen molar-refractivity contribution in [3.05, 3.63) is 88.9 Å². The van der Waals surface area contributed by atoms with Crippen LogP contribution in [0.25, 0.3) is 0 Å². The number of nitrogens with one attached hydrogen (secondary N) is 1. The Balaban J connectivity index is 2.07. The molecule has 3 rings (SSSR count). The summed E-state index contributed by atoms with van der Waals surface area (Å²) in [6.45, 7) is 9.37. The maximum absolute atomic E-state index is 14.2. The zero-order valence-electron chi connectivity index (χ0n) is 24.8. The van der Waals surface area contributed by atoms with Gasteiger partial charge in [0.05, 0.1) is 17.2 Å². The number of aryl methyl sites for hydroxylation is 1. The van der Waals surface area contributed by atoms with Crippen molar-refractivity contribution >= 4 is 39.1 Å². The monoisotopic (exact) mass is 613 g/mol. The number of carbonyl (C=O) groups is 2. The molecule has 0 aliphatic rings. The van der Waals surface area contributed by atoms with Crippen LogP contribution in [-0.2, 0) is 26.2 Å². The second-order valence-electron chi connectivity index (χ2n) is 10.1. The number of nitrogens with zero attached hydrogens (tertiary/aromatic N) is 2. The van der Waals surface area contributed by atoms with Gasteiger partial charge in [0, 0.05) is 17.6 Å². The van der Waals surface area contributed by atoms with E-state index in [1.165, 1.54) is 17.0 Å². The zero-order chi connectivity index (χ0) is 30.9. The van der Waals surface area contributed by atoms with Gasteiger partial charge in [-0.15, -0.1) is 0 Å². The molecule has 0 saturated carbocycles. The van der Waals surface area contributed by atoms with Crippen molar-refractivity contribution in [1.29, 1.82) is 0 Å². The smallest absolute Gasteiger partial charge is 0.264 e. The number of carbonyl (C=O) groups excluding carboxylic acids is 2. The first-order valence-corrected chi connectivity index (χ1v) is 16.0. The molecule has 8 nitrogen and oxygen atoms in total. The lowest BCUT2D eigenvalue weighted by Gasteiger charge is -2.34. The van der Waals surface area contributed by atoms with E-state index >= 15 is 0 Å². The van der Waals surface area contributed by atoms with Crippen LogP contribution >= 0.6 is 11.6 Å². The zero-order valence-corrected chi connectivity index (χ0v) is 26.4. The summed E-state index contributed by atoms with van der Waals surface area (Å²) >= 11 is 6.46. The molecule has 226 valence electrons. The van der Waals surface area contributed by atoms with Crippen molar-refractivity contribution in [2.24, 2.45) is 0 Å². The Bertz CT molecular complexity index is 1450. The molecule has 0 bridgehead atoms. The Morgan fingerprint density at radius 3 is 2.14 bits per heavy atom. The Morgan fingerprint density at radius 1 is 0.929 bits per heavy atom. The van der Waals surface area contributed by atoms with Crippen LogP contribution in [0.3, 0.4) is 0 Å². The highest BCUT2D eigenvalue weighted by atomic mass is 35.5. The molecular weight excluding hydrogens is 574 g/mol. The van der Waals surface area contributed by atoms with Gasteiger partial charge in [0.15, 0.2) is 0 Å². The van der Waals surface area contributed by atoms with Crippen molar-refractivity contribution in [2.45, 2.75) is 71.0 Å². The average Bonchev–Trinajstić information content (AvgIpc) is 2.97. The summed E-state index contributed by atoms with van der Waals surface area (Å²) in [5, 5.41) is 3.42. The highest BCUT2D eigenvalue weighted by Crippen LogP contribution is 2.27. The largest absolute Gasteiger partial charge is 0.494 e. The van der Waals surface area contributed by atoms with E-state index in [9.17, 15) is 18.0 Å². The molecule has 0 saturated heterocycles. The van der Waals surface area contributed by atoms with Gasteiger partial charge in [-0.25, -0.2) is 8.42 Å². The lowest BCUT2D eigenvalue weighted by Crippen LogP contribution is -2.53. The first-order valence-electron chi connectivity index (χ1n) is 14.2. The topological polar surface area (TPSA) is 96.0 Å². The van der Waals surface area contributed by atoms with Crippen LogP contribution in [0.1, 0.15) is 51.7 Å². The van der Waals surface area contributed by atoms with Gasteiger partial charge in [-0.2, -0.15) is 0 Å². The number of hydrogen-bond acceptors (Lipinski definition) is 5. The Labute approximate surface area is 254 Å². The fourth-order valence-electron chi connectivity index (χ4n) is 4.41. The van der Waals surface area contributed by atoms with Crippen molar-refractivity contribution in [1.82, 2.24) is 10.2 Å². The predicted molar refractivity (Wildman–Crippen MR) is 167 cm³/mol. The van der Waals surface area contributed by atoms with Crippen molar-refractivity contribution in [3.8, 4) is 5.75 Å². The molecule has 10 heteroatoms. The third-order valence-electron chi connectivity index (χ3n) is 7.01. The Kier molecular flexibility index (Phi) is 11.8. The fourth-order valence-corrected chi connectivity index (χ4v) is 6.02. The van der Waals surface area contributed by atoms with Gasteiger partial charge in [-0.1, -0.05) is 61.3 Å². The molecule has 0 heterocycles. The van der Waals surface area contributed by atoms with Gasteiger partial charge in [0.25, 0.3) is 10.0 Å². The third kappa shape index (κ3) is 8.26. The first kappa shape index (κ1) is 32.9. The second kappa shape index (κ2) is 15.1. The molecule has 3 aromatic carbocycles. The molecule has 0 aromatic heterocycles. The molecule has 3 aromatic rings. The van der Waals surface area contributed by atoms with E-state index < -0.39 is 28.5 Å². The molecule has 0 spiro atoms. The van der Waals surface area contributed by atoms with E-state index in [-0.39, 0.29) is 23.4 Å². The standard InChI is InChI=1S/C32H40ClN3O5S/c1-6-24(5)34-32(38)30(7-2)35(21-25-11-9-10-12-29(25)33)31(37)22-36(26-15-17-27(18-16-26)41-8-3)42(39,40)28-19-13-23(4)14-20-28/h9-20,24,30H,6-8,21-22H2,1-5H3,(H,34,38)/t24-,30+/m1/s1. The minimum atomic E-state index is -4.16. The van der Waals surface area contributed by atoms with Crippen LogP contribution in [-0.4, -0.2) is 50.4 Å². The minimum Gasteiger partial charge on any atom is -0.494 e. The third-order valence-corrected chi connectivity index (χ3v) is 9.17. The van der Waals surface area contributed by atoms with Gasteiger partial charge in [-0.3, -0.25) is 13.9 Å². The van der Waals surface area contributed by atoms with Crippen LogP contribution in [0, 0.1) is 6.92 Å². The van der Waals surface area contributed by atoms with Crippen LogP contribution in [0.2, 0.25) is 5.02 Å². The maximum Gasteiger partial charge on any atom is 0.264 e. The van der Waals surface area contributed by atoms with Crippen LogP contribution in [0.5, 0.6) is 5.75 Å². The number of sulfonamides is 1. The van der Waals surface area contributed by atoms with E-state index in [0.29, 0.717) is 35.1 Å². The van der Waals surface area contributed by atoms with Crippen molar-refractivity contribution in [2.75, 3.05) is 17.5 Å². The summed E-state index contributed by atoms with van der Waals surface area (Å²) < 4.78 is 34.6. The van der Waals surface area contributed by atoms with Crippen LogP contribution < -0.4 is 14.4 Å². The number of amides is 2. The van der Waals surface area contributed by atoms with E-state index in [1.54, 1.807) is 60.7 Å². The summed E-state index contributed by atoms with van der Waals surface area (Å²) in [4.78, 5) is 29.0. The maximum atomic E-state index is 14.2. The minimum absolute atomic E-state index is 0.0344. The lowest BCUT2D eigenvalue weighted by atomic mass is 10.1. The van der Waals surface area contributed by atoms with E-state index in [1.807, 2.05) is 34.6 Å². The number of benzene rings is 3. The summed E-state index contributed by atoms with van der Waals surface area (Å²) in [6.07, 6.45) is 1.05. The quantitative estimate of drug-likeness (QED) is 0.242. The molecule has 0 radical (unpaired) electrons. The molecule has 0 fully saturated rings. The number of halogens is 1. The van der Waals surface area contributed by atoms with Gasteiger partial charge < -0.3 is 15.0 Å². The van der Waals surface area contributed by atoms with Gasteiger partial charge in [-0.05, 0) is 81.6 Å². The summed E-state index contributed by atoms with van der Waals surface area (Å²) in [5.74, 6) is -0.264. The molecular formula is C32H40ClN3O5S. The SMILES string of the molecule is CCOc1ccc(N(CC(=O)N(Cc2ccccc2Cl)[C@@H](CC)C(=O)N[C@H](C)CC)S(=O)(=O)c2ccc(C)cc2)cc1. The average molecular weight is 614 g/mol. The molecule has 0 aliphatic carbocycles. The molecule has 42 heavy (non-hydrogen) atoms. The van der Waals surface area contributed by atoms with E-state index in [4.69, 9.17) is 16.3 Å². The van der Waals surface area contributed by atoms with Crippen molar-refractivity contribution < 1.29 is 22.7 Å². The molecule has 0 unspecified atom stereocenters. The number of anilines is 1. The Hall–Kier alpha value is -3.56. The lowest BCUT2D eigenvalue weighted by molar-refractivity contribution is -0.140. The summed E-state index contributed by atoms with van der Waals surface area (Å²) in [5.41, 5.74) is 1.85. The molecule has 0 aliphatic heterocycles. The highest BCUT2D eigenvalue weighted by Gasteiger charge is 2.34. The van der Waals surface area contributed by atoms with Crippen molar-refractivity contribution in [3.63, 3.8) is 0 Å². The molecule has 2 atom stereocenters. The molecule has 2 amide bonds. The van der Waals surface area contributed by atoms with E-state index in [0.717, 1.165) is 16.3 Å². The number of rotatable bonds is 14. The van der Waals surface area contributed by atoms with E-state index in [2.05, 4.69) is 5.32 Å². The Morgan fingerprint density at radius 2 is 1.57 bits per heavy atom. The highest BCUT2D eigenvalue weighted by molar-refractivity contribution is 7.92. The second-order valence-corrected chi connectivity index (χ2v) is 12.4. The summed E-state index contributed by atoms with van der Waals surface area (Å²) in [7, 11) is -4.16. The molecule has 1 N–H and O–H groups in total. The number of ether oxygens (including phenoxy) is 1. The van der Waals surface area contributed by atoms with Gasteiger partial charge in [0.2, 0.25) is 11.8 Å². The van der Waals surface area contributed by atoms with Crippen LogP contribution in [0.4, 0.5) is 5.69 Å². The fraction of sp³-hybridized carbons (Fsp3) is 0.375.